The van der Waals surface area contributed by atoms with Crippen molar-refractivity contribution in [1.29, 1.82) is 0 Å². The summed E-state index contributed by atoms with van der Waals surface area (Å²) < 4.78 is 2.15. The summed E-state index contributed by atoms with van der Waals surface area (Å²) in [7, 11) is 0. The van der Waals surface area contributed by atoms with Crippen LogP contribution < -0.4 is 5.32 Å². The zero-order valence-corrected chi connectivity index (χ0v) is 13.1. The van der Waals surface area contributed by atoms with Gasteiger partial charge in [0.15, 0.2) is 5.78 Å². The Morgan fingerprint density at radius 3 is 2.79 bits per heavy atom. The number of nitrogens with one attached hydrogen (secondary N) is 1. The summed E-state index contributed by atoms with van der Waals surface area (Å²) in [4.78, 5) is 21.6. The van der Waals surface area contributed by atoms with Crippen molar-refractivity contribution in [2.45, 2.75) is 25.3 Å². The van der Waals surface area contributed by atoms with Gasteiger partial charge in [-0.25, -0.2) is 4.98 Å². The van der Waals surface area contributed by atoms with E-state index in [1.807, 2.05) is 30.3 Å². The van der Waals surface area contributed by atoms with Crippen LogP contribution in [0.2, 0.25) is 0 Å². The van der Waals surface area contributed by atoms with E-state index in [1.54, 1.807) is 12.4 Å². The van der Waals surface area contributed by atoms with Crippen LogP contribution in [0.15, 0.2) is 60.1 Å². The first-order chi connectivity index (χ1) is 11.8. The predicted octanol–water partition coefficient (Wildman–Crippen LogP) is 3.45. The molecule has 2 aromatic heterocycles. The van der Waals surface area contributed by atoms with Gasteiger partial charge in [0.2, 0.25) is 5.95 Å². The Morgan fingerprint density at radius 2 is 1.92 bits per heavy atom. The van der Waals surface area contributed by atoms with E-state index in [1.165, 1.54) is 0 Å². The maximum atomic E-state index is 12.7. The summed E-state index contributed by atoms with van der Waals surface area (Å²) in [5, 5.41) is 3.41. The van der Waals surface area contributed by atoms with Crippen molar-refractivity contribution in [3.8, 4) is 0 Å². The highest BCUT2D eigenvalue weighted by Gasteiger charge is 2.36. The van der Waals surface area contributed by atoms with Crippen LogP contribution in [0.1, 0.15) is 30.9 Å². The van der Waals surface area contributed by atoms with E-state index in [-0.39, 0.29) is 11.8 Å². The number of hydrogen-bond acceptors (Lipinski definition) is 4. The summed E-state index contributed by atoms with van der Waals surface area (Å²) in [6, 6.07) is 11.9. The van der Waals surface area contributed by atoms with Gasteiger partial charge in [-0.05, 0) is 42.7 Å². The molecule has 0 spiro atoms. The molecule has 0 bridgehead atoms. The number of anilines is 1. The van der Waals surface area contributed by atoms with Gasteiger partial charge in [-0.3, -0.25) is 14.3 Å². The van der Waals surface area contributed by atoms with E-state index in [2.05, 4.69) is 20.9 Å². The third-order valence-electron chi connectivity index (χ3n) is 4.87. The molecule has 5 heteroatoms. The summed E-state index contributed by atoms with van der Waals surface area (Å²) in [6.07, 6.45) is 5.97. The summed E-state index contributed by atoms with van der Waals surface area (Å²) in [6.45, 7) is 0. The Balaban J connectivity index is 1.83. The maximum absolute atomic E-state index is 12.7. The predicted molar refractivity (Wildman–Crippen MR) is 91.6 cm³/mol. The van der Waals surface area contributed by atoms with Crippen LogP contribution in [0, 0.1) is 0 Å². The molecule has 1 aliphatic heterocycles. The lowest BCUT2D eigenvalue weighted by Gasteiger charge is -2.33. The number of allylic oxidation sites excluding steroid dienone is 2. The van der Waals surface area contributed by atoms with E-state index in [4.69, 9.17) is 4.98 Å². The number of fused-ring (bicyclic) bond motifs is 3. The number of para-hydroxylation sites is 2. The van der Waals surface area contributed by atoms with Crippen molar-refractivity contribution in [2.75, 3.05) is 5.32 Å². The summed E-state index contributed by atoms with van der Waals surface area (Å²) >= 11 is 0. The van der Waals surface area contributed by atoms with E-state index in [9.17, 15) is 4.79 Å². The highest BCUT2D eigenvalue weighted by Crippen LogP contribution is 2.42. The molecule has 5 nitrogen and oxygen atoms in total. The molecular formula is C19H16N4O. The zero-order valence-electron chi connectivity index (χ0n) is 13.1. The molecule has 0 saturated heterocycles. The van der Waals surface area contributed by atoms with Crippen molar-refractivity contribution >= 4 is 22.8 Å². The first kappa shape index (κ1) is 13.5. The molecule has 1 aromatic carbocycles. The topological polar surface area (TPSA) is 59.8 Å². The second-order valence-corrected chi connectivity index (χ2v) is 6.27. The van der Waals surface area contributed by atoms with Crippen molar-refractivity contribution < 1.29 is 4.79 Å². The van der Waals surface area contributed by atoms with E-state index in [0.29, 0.717) is 6.42 Å². The molecular weight excluding hydrogens is 300 g/mol. The van der Waals surface area contributed by atoms with Crippen molar-refractivity contribution in [2.24, 2.45) is 0 Å². The Morgan fingerprint density at radius 1 is 1.08 bits per heavy atom. The molecule has 1 N–H and O–H groups in total. The van der Waals surface area contributed by atoms with Gasteiger partial charge in [0, 0.05) is 30.1 Å². The smallest absolute Gasteiger partial charge is 0.209 e. The minimum atomic E-state index is -0.139. The lowest BCUT2D eigenvalue weighted by Crippen LogP contribution is -2.30. The van der Waals surface area contributed by atoms with Gasteiger partial charge in [-0.15, -0.1) is 0 Å². The molecule has 0 saturated carbocycles. The van der Waals surface area contributed by atoms with Gasteiger partial charge in [0.1, 0.15) is 0 Å². The van der Waals surface area contributed by atoms with Gasteiger partial charge in [-0.1, -0.05) is 12.1 Å². The van der Waals surface area contributed by atoms with Gasteiger partial charge in [0.05, 0.1) is 17.1 Å². The molecule has 3 aromatic rings. The van der Waals surface area contributed by atoms with Crippen LogP contribution in [0.3, 0.4) is 0 Å². The van der Waals surface area contributed by atoms with Crippen LogP contribution in [-0.2, 0) is 4.79 Å². The van der Waals surface area contributed by atoms with Crippen molar-refractivity contribution in [3.05, 3.63) is 65.6 Å². The molecule has 0 amide bonds. The minimum Gasteiger partial charge on any atom is -0.329 e. The molecule has 0 radical (unpaired) electrons. The number of carbonyl (C=O) groups excluding carboxylic acids is 1. The first-order valence-corrected chi connectivity index (χ1v) is 8.23. The normalized spacial score (nSPS) is 19.8. The number of aromatic nitrogens is 3. The maximum Gasteiger partial charge on any atom is 0.209 e. The number of hydrogen-bond donors (Lipinski definition) is 1. The summed E-state index contributed by atoms with van der Waals surface area (Å²) in [5.74, 6) is 1.04. The molecule has 3 heterocycles. The average molecular weight is 316 g/mol. The Bertz CT molecular complexity index is 987. The molecule has 0 unspecified atom stereocenters. The molecule has 118 valence electrons. The number of ketones is 1. The lowest BCUT2D eigenvalue weighted by molar-refractivity contribution is -0.116. The Labute approximate surface area is 139 Å². The number of benzene rings is 1. The monoisotopic (exact) mass is 316 g/mol. The van der Waals surface area contributed by atoms with Crippen LogP contribution in [0.5, 0.6) is 0 Å². The zero-order chi connectivity index (χ0) is 16.1. The fraction of sp³-hybridized carbons (Fsp3) is 0.211. The molecule has 2 aliphatic rings. The molecule has 24 heavy (non-hydrogen) atoms. The van der Waals surface area contributed by atoms with Gasteiger partial charge in [0.25, 0.3) is 0 Å². The minimum absolute atomic E-state index is 0.139. The second kappa shape index (κ2) is 5.03. The van der Waals surface area contributed by atoms with E-state index >= 15 is 0 Å². The molecule has 0 fully saturated rings. The number of rotatable bonds is 1. The van der Waals surface area contributed by atoms with Gasteiger partial charge < -0.3 is 5.32 Å². The van der Waals surface area contributed by atoms with Crippen LogP contribution in [0.4, 0.5) is 5.95 Å². The standard InChI is InChI=1S/C19H16N4O/c24-16-7-3-5-14-17(16)18(12-8-10-20-11-9-12)23-15-6-2-1-4-13(15)21-19(23)22-14/h1-2,4,6,8-11,18H,3,5,7H2,(H,21,22)/t18-/m0/s1. The molecule has 1 aliphatic carbocycles. The Hall–Kier alpha value is -2.95. The average Bonchev–Trinajstić information content (AvgIpc) is 2.99. The third kappa shape index (κ3) is 1.84. The van der Waals surface area contributed by atoms with E-state index in [0.717, 1.165) is 46.7 Å². The largest absolute Gasteiger partial charge is 0.329 e. The van der Waals surface area contributed by atoms with Crippen LogP contribution >= 0.6 is 0 Å². The quantitative estimate of drug-likeness (QED) is 0.747. The number of Topliss-reactive ketones (excluding diaryl/α,β-unsaturated/α-hetero) is 1. The van der Waals surface area contributed by atoms with Gasteiger partial charge >= 0.3 is 0 Å². The molecule has 5 rings (SSSR count). The number of pyridine rings is 1. The highest BCUT2D eigenvalue weighted by atomic mass is 16.1. The number of carbonyl (C=O) groups is 1. The van der Waals surface area contributed by atoms with Crippen LogP contribution in [0.25, 0.3) is 11.0 Å². The third-order valence-corrected chi connectivity index (χ3v) is 4.87. The first-order valence-electron chi connectivity index (χ1n) is 8.23. The lowest BCUT2D eigenvalue weighted by atomic mass is 9.85. The van der Waals surface area contributed by atoms with Crippen molar-refractivity contribution in [3.63, 3.8) is 0 Å². The fourth-order valence-corrected chi connectivity index (χ4v) is 3.83. The Kier molecular flexibility index (Phi) is 2.82. The molecule has 1 atom stereocenters. The van der Waals surface area contributed by atoms with E-state index < -0.39 is 0 Å². The van der Waals surface area contributed by atoms with Crippen molar-refractivity contribution in [1.82, 2.24) is 14.5 Å². The highest BCUT2D eigenvalue weighted by molar-refractivity contribution is 6.00. The van der Waals surface area contributed by atoms with Gasteiger partial charge in [-0.2, -0.15) is 0 Å². The van der Waals surface area contributed by atoms with Crippen LogP contribution in [-0.4, -0.2) is 20.3 Å². The summed E-state index contributed by atoms with van der Waals surface area (Å²) in [5.41, 5.74) is 4.94. The SMILES string of the molecule is O=C1CCCC2=C1[C@H](c1ccncc1)n1c(nc3ccccc31)N2. The number of nitrogens with zero attached hydrogens (tertiary/aromatic N) is 3. The second-order valence-electron chi connectivity index (χ2n) is 6.27. The fourth-order valence-electron chi connectivity index (χ4n) is 3.83. The number of imidazole rings is 1.